The predicted octanol–water partition coefficient (Wildman–Crippen LogP) is 3.78. The zero-order valence-corrected chi connectivity index (χ0v) is 11.6. The number of halogens is 1. The number of nitrogens with one attached hydrogen (secondary N) is 1. The molecule has 0 spiro atoms. The molecule has 3 rings (SSSR count). The molecular formula is C12H9BrN4S. The van der Waals surface area contributed by atoms with E-state index in [-0.39, 0.29) is 0 Å². The van der Waals surface area contributed by atoms with Crippen molar-refractivity contribution in [2.75, 3.05) is 11.1 Å². The Balaban J connectivity index is 1.95. The number of rotatable bonds is 2. The number of thiazole rings is 1. The quantitative estimate of drug-likeness (QED) is 0.754. The smallest absolute Gasteiger partial charge is 0.153 e. The number of nitrogens with two attached hydrogens (primary N) is 1. The van der Waals surface area contributed by atoms with E-state index in [1.807, 2.05) is 29.8 Å². The molecule has 0 aliphatic carbocycles. The Kier molecular flexibility index (Phi) is 2.89. The van der Waals surface area contributed by atoms with E-state index in [9.17, 15) is 0 Å². The molecule has 0 unspecified atom stereocenters. The molecule has 2 heterocycles. The Bertz CT molecular complexity index is 710. The van der Waals surface area contributed by atoms with E-state index in [2.05, 4.69) is 31.2 Å². The van der Waals surface area contributed by atoms with Crippen LogP contribution in [0.15, 0.2) is 40.4 Å². The summed E-state index contributed by atoms with van der Waals surface area (Å²) in [7, 11) is 0. The number of hydrogen-bond acceptors (Lipinski definition) is 5. The van der Waals surface area contributed by atoms with E-state index in [1.54, 1.807) is 17.5 Å². The second-order valence-electron chi connectivity index (χ2n) is 3.75. The van der Waals surface area contributed by atoms with Crippen LogP contribution in [0.25, 0.3) is 10.2 Å². The summed E-state index contributed by atoms with van der Waals surface area (Å²) in [6, 6.07) is 7.80. The van der Waals surface area contributed by atoms with Crippen molar-refractivity contribution >= 4 is 54.7 Å². The van der Waals surface area contributed by atoms with Crippen LogP contribution in [0.4, 0.5) is 17.2 Å². The molecule has 2 aromatic heterocycles. The standard InChI is InChI=1S/C12H9BrN4S/c13-7-3-9(14)12(15-5-7)17-8-1-2-10-11(4-8)18-6-16-10/h1-6H,14H2,(H,15,17). The maximum Gasteiger partial charge on any atom is 0.153 e. The van der Waals surface area contributed by atoms with Crippen molar-refractivity contribution in [3.8, 4) is 0 Å². The van der Waals surface area contributed by atoms with Gasteiger partial charge in [0.25, 0.3) is 0 Å². The summed E-state index contributed by atoms with van der Waals surface area (Å²) in [5, 5.41) is 3.20. The number of nitrogens with zero attached hydrogens (tertiary/aromatic N) is 2. The van der Waals surface area contributed by atoms with E-state index in [4.69, 9.17) is 5.73 Å². The van der Waals surface area contributed by atoms with Gasteiger partial charge in [0.1, 0.15) is 0 Å². The summed E-state index contributed by atoms with van der Waals surface area (Å²) in [5.41, 5.74) is 10.3. The van der Waals surface area contributed by atoms with Crippen LogP contribution in [0.5, 0.6) is 0 Å². The van der Waals surface area contributed by atoms with Gasteiger partial charge in [-0.15, -0.1) is 11.3 Å². The van der Waals surface area contributed by atoms with Gasteiger partial charge in [-0.3, -0.25) is 0 Å². The van der Waals surface area contributed by atoms with Crippen molar-refractivity contribution in [3.63, 3.8) is 0 Å². The number of hydrogen-bond donors (Lipinski definition) is 2. The molecule has 6 heteroatoms. The van der Waals surface area contributed by atoms with Gasteiger partial charge in [0.15, 0.2) is 5.82 Å². The molecule has 3 N–H and O–H groups in total. The second kappa shape index (κ2) is 4.55. The van der Waals surface area contributed by atoms with Crippen LogP contribution in [0, 0.1) is 0 Å². The van der Waals surface area contributed by atoms with Crippen molar-refractivity contribution in [3.05, 3.63) is 40.4 Å². The average molecular weight is 321 g/mol. The first-order valence-electron chi connectivity index (χ1n) is 5.24. The molecule has 90 valence electrons. The minimum Gasteiger partial charge on any atom is -0.396 e. The average Bonchev–Trinajstić information content (AvgIpc) is 2.80. The molecule has 0 radical (unpaired) electrons. The lowest BCUT2D eigenvalue weighted by Crippen LogP contribution is -1.98. The zero-order chi connectivity index (χ0) is 12.5. The molecule has 18 heavy (non-hydrogen) atoms. The first-order chi connectivity index (χ1) is 8.72. The van der Waals surface area contributed by atoms with Gasteiger partial charge in [-0.2, -0.15) is 0 Å². The number of benzene rings is 1. The zero-order valence-electron chi connectivity index (χ0n) is 9.22. The highest BCUT2D eigenvalue weighted by Gasteiger charge is 2.03. The van der Waals surface area contributed by atoms with Crippen LogP contribution >= 0.6 is 27.3 Å². The van der Waals surface area contributed by atoms with Crippen molar-refractivity contribution in [2.24, 2.45) is 0 Å². The van der Waals surface area contributed by atoms with Crippen molar-refractivity contribution < 1.29 is 0 Å². The molecule has 0 fully saturated rings. The molecule has 1 aromatic carbocycles. The highest BCUT2D eigenvalue weighted by atomic mass is 79.9. The third-order valence-corrected chi connectivity index (χ3v) is 3.70. The molecule has 0 saturated heterocycles. The number of fused-ring (bicyclic) bond motifs is 1. The Morgan fingerprint density at radius 3 is 2.94 bits per heavy atom. The summed E-state index contributed by atoms with van der Waals surface area (Å²) >= 11 is 4.94. The number of aromatic nitrogens is 2. The molecule has 0 aliphatic heterocycles. The third kappa shape index (κ3) is 2.16. The maximum absolute atomic E-state index is 5.90. The summed E-state index contributed by atoms with van der Waals surface area (Å²) < 4.78 is 2.00. The third-order valence-electron chi connectivity index (χ3n) is 2.48. The summed E-state index contributed by atoms with van der Waals surface area (Å²) in [5.74, 6) is 0.655. The fraction of sp³-hybridized carbons (Fsp3) is 0. The van der Waals surface area contributed by atoms with Crippen LogP contribution in [-0.4, -0.2) is 9.97 Å². The first-order valence-corrected chi connectivity index (χ1v) is 6.91. The normalized spacial score (nSPS) is 10.7. The van der Waals surface area contributed by atoms with Gasteiger partial charge in [0, 0.05) is 16.4 Å². The predicted molar refractivity (Wildman–Crippen MR) is 79.3 cm³/mol. The van der Waals surface area contributed by atoms with Crippen LogP contribution in [0.1, 0.15) is 0 Å². The maximum atomic E-state index is 5.90. The van der Waals surface area contributed by atoms with Crippen LogP contribution in [0.2, 0.25) is 0 Å². The number of nitrogen functional groups attached to an aromatic ring is 1. The van der Waals surface area contributed by atoms with Crippen LogP contribution < -0.4 is 11.1 Å². The summed E-state index contributed by atoms with van der Waals surface area (Å²) in [4.78, 5) is 8.49. The molecule has 0 atom stereocenters. The summed E-state index contributed by atoms with van der Waals surface area (Å²) in [6.07, 6.45) is 1.71. The Labute approximate surface area is 116 Å². The van der Waals surface area contributed by atoms with Gasteiger partial charge in [-0.1, -0.05) is 0 Å². The van der Waals surface area contributed by atoms with Crippen molar-refractivity contribution in [1.82, 2.24) is 9.97 Å². The monoisotopic (exact) mass is 320 g/mol. The Morgan fingerprint density at radius 2 is 2.11 bits per heavy atom. The topological polar surface area (TPSA) is 63.8 Å². The molecule has 0 aliphatic rings. The molecule has 4 nitrogen and oxygen atoms in total. The van der Waals surface area contributed by atoms with Gasteiger partial charge in [0.05, 0.1) is 21.4 Å². The SMILES string of the molecule is Nc1cc(Br)cnc1Nc1ccc2ncsc2c1. The largest absolute Gasteiger partial charge is 0.396 e. The van der Waals surface area contributed by atoms with Crippen molar-refractivity contribution in [2.45, 2.75) is 0 Å². The van der Waals surface area contributed by atoms with Gasteiger partial charge in [0.2, 0.25) is 0 Å². The molecular weight excluding hydrogens is 312 g/mol. The number of pyridine rings is 1. The lowest BCUT2D eigenvalue weighted by atomic mass is 10.3. The van der Waals surface area contributed by atoms with Gasteiger partial charge >= 0.3 is 0 Å². The van der Waals surface area contributed by atoms with Crippen LogP contribution in [0.3, 0.4) is 0 Å². The van der Waals surface area contributed by atoms with E-state index in [0.717, 1.165) is 20.4 Å². The van der Waals surface area contributed by atoms with E-state index in [1.165, 1.54) is 0 Å². The fourth-order valence-corrected chi connectivity index (χ4v) is 2.69. The lowest BCUT2D eigenvalue weighted by molar-refractivity contribution is 1.30. The Hall–Kier alpha value is -1.66. The second-order valence-corrected chi connectivity index (χ2v) is 5.55. The minimum absolute atomic E-state index is 0.605. The molecule has 0 bridgehead atoms. The Morgan fingerprint density at radius 1 is 1.22 bits per heavy atom. The molecule has 0 amide bonds. The van der Waals surface area contributed by atoms with Crippen LogP contribution in [-0.2, 0) is 0 Å². The van der Waals surface area contributed by atoms with Crippen molar-refractivity contribution in [1.29, 1.82) is 0 Å². The van der Waals surface area contributed by atoms with Gasteiger partial charge < -0.3 is 11.1 Å². The lowest BCUT2D eigenvalue weighted by Gasteiger charge is -2.08. The fourth-order valence-electron chi connectivity index (χ4n) is 1.63. The number of anilines is 3. The first kappa shape index (κ1) is 11.4. The molecule has 0 saturated carbocycles. The summed E-state index contributed by atoms with van der Waals surface area (Å²) in [6.45, 7) is 0. The van der Waals surface area contributed by atoms with E-state index >= 15 is 0 Å². The van der Waals surface area contributed by atoms with Gasteiger partial charge in [-0.05, 0) is 40.2 Å². The minimum atomic E-state index is 0.605. The highest BCUT2D eigenvalue weighted by molar-refractivity contribution is 9.10. The van der Waals surface area contributed by atoms with E-state index in [0.29, 0.717) is 11.5 Å². The molecule has 3 aromatic rings. The van der Waals surface area contributed by atoms with Gasteiger partial charge in [-0.25, -0.2) is 9.97 Å². The highest BCUT2D eigenvalue weighted by Crippen LogP contribution is 2.26. The van der Waals surface area contributed by atoms with E-state index < -0.39 is 0 Å².